The topological polar surface area (TPSA) is 80.2 Å². The van der Waals surface area contributed by atoms with Crippen molar-refractivity contribution in [3.05, 3.63) is 52.4 Å². The second kappa shape index (κ2) is 7.98. The monoisotopic (exact) mass is 383 g/mol. The third-order valence-electron chi connectivity index (χ3n) is 4.65. The SMILES string of the molecule is Cc1ccc2c(c1)CCN2c1cnc(C(=O)NC2CCOC2)scncn1. The van der Waals surface area contributed by atoms with Gasteiger partial charge >= 0.3 is 0 Å². The van der Waals surface area contributed by atoms with Crippen LogP contribution < -0.4 is 10.2 Å². The second-order valence-corrected chi connectivity index (χ2v) is 7.44. The van der Waals surface area contributed by atoms with E-state index in [1.807, 2.05) is 0 Å². The zero-order chi connectivity index (χ0) is 18.6. The molecule has 1 saturated heterocycles. The minimum Gasteiger partial charge on any atom is -0.379 e. The summed E-state index contributed by atoms with van der Waals surface area (Å²) in [7, 11) is 0. The second-order valence-electron chi connectivity index (χ2n) is 6.61. The summed E-state index contributed by atoms with van der Waals surface area (Å²) >= 11 is 1.19. The van der Waals surface area contributed by atoms with Crippen molar-refractivity contribution in [3.63, 3.8) is 0 Å². The lowest BCUT2D eigenvalue weighted by molar-refractivity contribution is 0.0929. The van der Waals surface area contributed by atoms with Crippen LogP contribution in [0.2, 0.25) is 0 Å². The van der Waals surface area contributed by atoms with Gasteiger partial charge in [-0.3, -0.25) is 4.79 Å². The van der Waals surface area contributed by atoms with Crippen molar-refractivity contribution < 1.29 is 9.53 Å². The number of nitrogens with one attached hydrogen (secondary N) is 1. The van der Waals surface area contributed by atoms with E-state index in [1.54, 1.807) is 11.7 Å². The number of hydrogen-bond donors (Lipinski definition) is 1. The van der Waals surface area contributed by atoms with Gasteiger partial charge < -0.3 is 15.0 Å². The van der Waals surface area contributed by atoms with E-state index < -0.39 is 0 Å². The van der Waals surface area contributed by atoms with Gasteiger partial charge in [0.2, 0.25) is 0 Å². The molecule has 1 amide bonds. The molecule has 1 unspecified atom stereocenters. The van der Waals surface area contributed by atoms with Crippen LogP contribution in [0, 0.1) is 6.92 Å². The summed E-state index contributed by atoms with van der Waals surface area (Å²) in [6, 6.07) is 6.44. The molecule has 0 saturated carbocycles. The number of anilines is 2. The maximum atomic E-state index is 12.5. The summed E-state index contributed by atoms with van der Waals surface area (Å²) in [5, 5.41) is 3.31. The first-order valence-corrected chi connectivity index (χ1v) is 9.83. The highest BCUT2D eigenvalue weighted by molar-refractivity contribution is 7.11. The van der Waals surface area contributed by atoms with Crippen LogP contribution in [0.5, 0.6) is 0 Å². The van der Waals surface area contributed by atoms with E-state index >= 15 is 0 Å². The molecule has 0 spiro atoms. The first-order valence-electron chi connectivity index (χ1n) is 8.95. The van der Waals surface area contributed by atoms with Gasteiger partial charge in [-0.2, -0.15) is 0 Å². The third kappa shape index (κ3) is 4.06. The Bertz CT molecular complexity index is 893. The van der Waals surface area contributed by atoms with Gasteiger partial charge in [-0.1, -0.05) is 29.0 Å². The summed E-state index contributed by atoms with van der Waals surface area (Å²) in [6.45, 7) is 4.15. The minimum atomic E-state index is -0.211. The molecule has 1 N–H and O–H groups in total. The average Bonchev–Trinajstić information content (AvgIpc) is 3.31. The maximum Gasteiger partial charge on any atom is 0.280 e. The quantitative estimate of drug-likeness (QED) is 0.878. The Morgan fingerprint density at radius 1 is 1.37 bits per heavy atom. The van der Waals surface area contributed by atoms with Gasteiger partial charge in [0.25, 0.3) is 5.91 Å². The number of aromatic nitrogens is 3. The summed E-state index contributed by atoms with van der Waals surface area (Å²) in [6.07, 6.45) is 4.92. The Morgan fingerprint density at radius 2 is 2.30 bits per heavy atom. The van der Waals surface area contributed by atoms with E-state index in [0.29, 0.717) is 24.0 Å². The van der Waals surface area contributed by atoms with Gasteiger partial charge in [-0.15, -0.1) is 0 Å². The first kappa shape index (κ1) is 17.8. The van der Waals surface area contributed by atoms with Crippen molar-refractivity contribution in [2.75, 3.05) is 24.7 Å². The van der Waals surface area contributed by atoms with Crippen LogP contribution in [0.25, 0.3) is 0 Å². The number of hydrogen-bond acceptors (Lipinski definition) is 7. The van der Waals surface area contributed by atoms with Crippen LogP contribution in [0.3, 0.4) is 0 Å². The standard InChI is InChI=1S/C19H21N5O2S/c1-13-2-3-16-14(8-13)4-6-24(16)17-9-21-19(27-12-20-11-22-17)18(25)23-15-5-7-26-10-15/h2-3,8-9,11-12,15H,4-7,10H2,1H3,(H,23,25). The van der Waals surface area contributed by atoms with Gasteiger partial charge in [-0.05, 0) is 31.4 Å². The third-order valence-corrected chi connectivity index (χ3v) is 5.39. The van der Waals surface area contributed by atoms with Crippen molar-refractivity contribution >= 4 is 28.7 Å². The molecule has 27 heavy (non-hydrogen) atoms. The van der Waals surface area contributed by atoms with Gasteiger partial charge in [0, 0.05) is 18.8 Å². The highest BCUT2D eigenvalue weighted by atomic mass is 32.1. The number of carbonyl (C=O) groups is 1. The number of carbonyl (C=O) groups excluding carboxylic acids is 1. The summed E-state index contributed by atoms with van der Waals surface area (Å²) in [4.78, 5) is 27.6. The van der Waals surface area contributed by atoms with Gasteiger partial charge in [0.05, 0.1) is 24.4 Å². The molecular formula is C19H21N5O2S. The lowest BCUT2D eigenvalue weighted by Crippen LogP contribution is -2.35. The number of ether oxygens (including phenoxy) is 1. The van der Waals surface area contributed by atoms with Crippen molar-refractivity contribution in [1.29, 1.82) is 0 Å². The fourth-order valence-electron chi connectivity index (χ4n) is 3.30. The number of aryl methyl sites for hydroxylation is 1. The summed E-state index contributed by atoms with van der Waals surface area (Å²) < 4.78 is 5.31. The van der Waals surface area contributed by atoms with E-state index in [4.69, 9.17) is 4.74 Å². The Kier molecular flexibility index (Phi) is 5.26. The number of benzene rings is 1. The largest absolute Gasteiger partial charge is 0.379 e. The van der Waals surface area contributed by atoms with Crippen LogP contribution in [-0.2, 0) is 11.2 Å². The molecule has 1 aromatic heterocycles. The van der Waals surface area contributed by atoms with Crippen LogP contribution in [0.1, 0.15) is 27.3 Å². The molecule has 7 nitrogen and oxygen atoms in total. The molecule has 1 atom stereocenters. The molecule has 2 aliphatic heterocycles. The minimum absolute atomic E-state index is 0.0405. The molecule has 2 aliphatic rings. The first-order chi connectivity index (χ1) is 13.2. The van der Waals surface area contributed by atoms with Crippen LogP contribution >= 0.6 is 11.3 Å². The van der Waals surface area contributed by atoms with Gasteiger partial charge in [0.1, 0.15) is 6.33 Å². The molecule has 4 rings (SSSR count). The van der Waals surface area contributed by atoms with E-state index in [9.17, 15) is 4.79 Å². The highest BCUT2D eigenvalue weighted by Crippen LogP contribution is 2.33. The van der Waals surface area contributed by atoms with Gasteiger partial charge in [-0.25, -0.2) is 15.0 Å². The molecule has 8 heteroatoms. The Hall–Kier alpha value is -2.58. The Morgan fingerprint density at radius 3 is 3.15 bits per heavy atom. The number of fused-ring (bicyclic) bond motifs is 1. The molecular weight excluding hydrogens is 362 g/mol. The molecule has 2 aromatic rings. The summed E-state index contributed by atoms with van der Waals surface area (Å²) in [5.41, 5.74) is 5.25. The fraction of sp³-hybridized carbons (Fsp3) is 0.368. The maximum absolute atomic E-state index is 12.5. The zero-order valence-electron chi connectivity index (χ0n) is 15.1. The smallest absolute Gasteiger partial charge is 0.280 e. The van der Waals surface area contributed by atoms with Crippen LogP contribution in [0.15, 0.2) is 36.2 Å². The predicted octanol–water partition coefficient (Wildman–Crippen LogP) is 2.58. The predicted molar refractivity (Wildman–Crippen MR) is 104 cm³/mol. The lowest BCUT2D eigenvalue weighted by atomic mass is 10.1. The normalized spacial score (nSPS) is 18.1. The zero-order valence-corrected chi connectivity index (χ0v) is 15.9. The van der Waals surface area contributed by atoms with E-state index in [1.165, 1.54) is 28.8 Å². The van der Waals surface area contributed by atoms with Crippen LogP contribution in [0.4, 0.5) is 11.5 Å². The van der Waals surface area contributed by atoms with Crippen molar-refractivity contribution in [3.8, 4) is 0 Å². The van der Waals surface area contributed by atoms with Gasteiger partial charge in [0.15, 0.2) is 10.8 Å². The molecule has 0 radical (unpaired) electrons. The van der Waals surface area contributed by atoms with Crippen LogP contribution in [-0.4, -0.2) is 46.7 Å². The number of rotatable bonds is 3. The Balaban J connectivity index is 1.63. The molecule has 1 fully saturated rings. The fourth-order valence-corrected chi connectivity index (χ4v) is 3.79. The Labute approximate surface area is 161 Å². The van der Waals surface area contributed by atoms with Crippen molar-refractivity contribution in [1.82, 2.24) is 20.3 Å². The molecule has 0 aliphatic carbocycles. The molecule has 140 valence electrons. The molecule has 0 bridgehead atoms. The van der Waals surface area contributed by atoms with Crippen molar-refractivity contribution in [2.24, 2.45) is 0 Å². The van der Waals surface area contributed by atoms with E-state index in [0.717, 1.165) is 25.1 Å². The average molecular weight is 383 g/mol. The number of nitrogens with zero attached hydrogens (tertiary/aromatic N) is 4. The van der Waals surface area contributed by atoms with E-state index in [-0.39, 0.29) is 11.9 Å². The molecule has 1 aromatic carbocycles. The number of amides is 1. The summed E-state index contributed by atoms with van der Waals surface area (Å²) in [5.74, 6) is 0.462. The highest BCUT2D eigenvalue weighted by Gasteiger charge is 2.22. The van der Waals surface area contributed by atoms with E-state index in [2.05, 4.69) is 50.3 Å². The lowest BCUT2D eigenvalue weighted by Gasteiger charge is -2.17. The molecule has 3 heterocycles. The van der Waals surface area contributed by atoms with Crippen molar-refractivity contribution in [2.45, 2.75) is 25.8 Å².